The third kappa shape index (κ3) is 5.91. The number of nitrogens with one attached hydrogen (secondary N) is 1. The van der Waals surface area contributed by atoms with E-state index in [9.17, 15) is 29.0 Å². The Kier molecular flexibility index (Phi) is 8.25. The molecule has 0 radical (unpaired) electrons. The van der Waals surface area contributed by atoms with Crippen molar-refractivity contribution in [2.45, 2.75) is 37.4 Å². The molecule has 4 N–H and O–H groups in total. The van der Waals surface area contributed by atoms with E-state index in [1.165, 1.54) is 6.92 Å². The SMILES string of the molecule is CC1O[C@H](CNS(=O)(=O)/C(C#N)=C/c2ccc(-c3ccc4cc(N5CCOCC5)ccc4c3)o2)[C@@H](O)[C@H](O)[C@H]1O. The number of benzene rings is 2. The number of aliphatic hydroxyl groups is 3. The summed E-state index contributed by atoms with van der Waals surface area (Å²) in [4.78, 5) is 1.69. The summed E-state index contributed by atoms with van der Waals surface area (Å²) in [5.74, 6) is 0.675. The van der Waals surface area contributed by atoms with Gasteiger partial charge in [-0.05, 0) is 48.0 Å². The first-order valence-corrected chi connectivity index (χ1v) is 14.4. The lowest BCUT2D eigenvalue weighted by Gasteiger charge is -2.39. The Balaban J connectivity index is 1.29. The summed E-state index contributed by atoms with van der Waals surface area (Å²) in [6, 6.07) is 17.1. The molecule has 1 aromatic heterocycles. The van der Waals surface area contributed by atoms with E-state index < -0.39 is 52.0 Å². The van der Waals surface area contributed by atoms with Crippen molar-refractivity contribution < 1.29 is 37.6 Å². The highest BCUT2D eigenvalue weighted by molar-refractivity contribution is 7.93. The molecule has 1 unspecified atom stereocenters. The van der Waals surface area contributed by atoms with Crippen molar-refractivity contribution in [2.75, 3.05) is 37.7 Å². The maximum absolute atomic E-state index is 12.8. The smallest absolute Gasteiger partial charge is 0.250 e. The van der Waals surface area contributed by atoms with Gasteiger partial charge in [-0.1, -0.05) is 18.2 Å². The largest absolute Gasteiger partial charge is 0.457 e. The lowest BCUT2D eigenvalue weighted by atomic mass is 9.96. The van der Waals surface area contributed by atoms with Gasteiger partial charge < -0.3 is 34.1 Å². The van der Waals surface area contributed by atoms with Crippen LogP contribution in [0.1, 0.15) is 12.7 Å². The molecule has 5 rings (SSSR count). The van der Waals surface area contributed by atoms with Crippen molar-refractivity contribution >= 4 is 32.6 Å². The Hall–Kier alpha value is -3.28. The molecule has 12 heteroatoms. The molecule has 0 amide bonds. The molecule has 40 heavy (non-hydrogen) atoms. The molecule has 212 valence electrons. The summed E-state index contributed by atoms with van der Waals surface area (Å²) in [6.07, 6.45) is -5.13. The lowest BCUT2D eigenvalue weighted by Crippen LogP contribution is -2.59. The normalized spacial score (nSPS) is 26.1. The zero-order valence-electron chi connectivity index (χ0n) is 21.8. The van der Waals surface area contributed by atoms with Gasteiger partial charge in [-0.3, -0.25) is 0 Å². The maximum Gasteiger partial charge on any atom is 0.250 e. The summed E-state index contributed by atoms with van der Waals surface area (Å²) in [7, 11) is -4.30. The van der Waals surface area contributed by atoms with Crippen LogP contribution < -0.4 is 9.62 Å². The van der Waals surface area contributed by atoms with Crippen LogP contribution in [0, 0.1) is 11.3 Å². The summed E-state index contributed by atoms with van der Waals surface area (Å²) in [5.41, 5.74) is 1.93. The third-order valence-electron chi connectivity index (χ3n) is 7.21. The Labute approximate surface area is 231 Å². The molecule has 0 spiro atoms. The summed E-state index contributed by atoms with van der Waals surface area (Å²) in [6.45, 7) is 4.21. The molecule has 2 aliphatic rings. The predicted octanol–water partition coefficient (Wildman–Crippen LogP) is 1.59. The molecule has 3 aromatic rings. The second-order valence-electron chi connectivity index (χ2n) is 9.87. The van der Waals surface area contributed by atoms with Gasteiger partial charge in [0.25, 0.3) is 10.0 Å². The van der Waals surface area contributed by atoms with Crippen LogP contribution in [-0.4, -0.2) is 87.1 Å². The fourth-order valence-corrected chi connectivity index (χ4v) is 5.79. The molecule has 5 atom stereocenters. The second-order valence-corrected chi connectivity index (χ2v) is 11.6. The average molecular weight is 570 g/mol. The highest BCUT2D eigenvalue weighted by atomic mass is 32.2. The first-order valence-electron chi connectivity index (χ1n) is 12.9. The lowest BCUT2D eigenvalue weighted by molar-refractivity contribution is -0.214. The number of aliphatic hydroxyl groups excluding tert-OH is 3. The third-order valence-corrected chi connectivity index (χ3v) is 8.54. The number of nitriles is 1. The Morgan fingerprint density at radius 3 is 2.52 bits per heavy atom. The number of morpholine rings is 1. The quantitative estimate of drug-likeness (QED) is 0.307. The van der Waals surface area contributed by atoms with E-state index in [4.69, 9.17) is 13.9 Å². The number of hydrogen-bond donors (Lipinski definition) is 4. The minimum Gasteiger partial charge on any atom is -0.457 e. The Morgan fingerprint density at radius 2 is 1.77 bits per heavy atom. The number of allylic oxidation sites excluding steroid dienone is 1. The van der Waals surface area contributed by atoms with E-state index in [1.807, 2.05) is 24.3 Å². The topological polar surface area (TPSA) is 165 Å². The molecule has 2 fully saturated rings. The minimum absolute atomic E-state index is 0.167. The molecule has 2 aromatic carbocycles. The van der Waals surface area contributed by atoms with Crippen LogP contribution in [0.5, 0.6) is 0 Å². The molecule has 0 bridgehead atoms. The van der Waals surface area contributed by atoms with Crippen molar-refractivity contribution in [1.29, 1.82) is 5.26 Å². The fourth-order valence-electron chi connectivity index (χ4n) is 4.86. The van der Waals surface area contributed by atoms with Crippen LogP contribution in [0.25, 0.3) is 28.2 Å². The van der Waals surface area contributed by atoms with E-state index in [0.29, 0.717) is 19.0 Å². The van der Waals surface area contributed by atoms with Crippen LogP contribution in [0.4, 0.5) is 5.69 Å². The maximum atomic E-state index is 12.8. The van der Waals surface area contributed by atoms with Crippen LogP contribution in [0.3, 0.4) is 0 Å². The number of hydrogen-bond acceptors (Lipinski definition) is 10. The molecule has 0 aliphatic carbocycles. The van der Waals surface area contributed by atoms with Crippen molar-refractivity contribution in [1.82, 2.24) is 4.72 Å². The Morgan fingerprint density at radius 1 is 1.05 bits per heavy atom. The van der Waals surface area contributed by atoms with E-state index >= 15 is 0 Å². The van der Waals surface area contributed by atoms with Crippen molar-refractivity contribution in [3.05, 3.63) is 59.2 Å². The van der Waals surface area contributed by atoms with E-state index in [0.717, 1.165) is 41.2 Å². The second kappa shape index (κ2) is 11.7. The zero-order valence-corrected chi connectivity index (χ0v) is 22.6. The number of anilines is 1. The van der Waals surface area contributed by atoms with E-state index in [1.54, 1.807) is 18.2 Å². The standard InChI is InChI=1S/C28H31N3O8S/c1-17-26(32)28(34)27(33)25(38-17)16-30-40(35,36)23(15-29)14-22-6-7-24(39-22)20-3-2-19-13-21(5-4-18(19)12-20)31-8-10-37-11-9-31/h2-7,12-14,17,25-28,30,32-34H,8-11,16H2,1H3/b23-14+/t17?,25-,26+,27-,28-/m1/s1. The number of nitrogens with zero attached hydrogens (tertiary/aromatic N) is 2. The predicted molar refractivity (Wildman–Crippen MR) is 148 cm³/mol. The van der Waals surface area contributed by atoms with Gasteiger partial charge in [-0.2, -0.15) is 5.26 Å². The number of furan rings is 1. The van der Waals surface area contributed by atoms with E-state index in [2.05, 4.69) is 21.8 Å². The van der Waals surface area contributed by atoms with Crippen molar-refractivity contribution in [2.24, 2.45) is 0 Å². The molecular formula is C28H31N3O8S. The number of sulfonamides is 1. The Bertz CT molecular complexity index is 1540. The van der Waals surface area contributed by atoms with Gasteiger partial charge >= 0.3 is 0 Å². The number of fused-ring (bicyclic) bond motifs is 1. The van der Waals surface area contributed by atoms with Gasteiger partial charge in [0.2, 0.25) is 0 Å². The monoisotopic (exact) mass is 569 g/mol. The molecule has 2 saturated heterocycles. The summed E-state index contributed by atoms with van der Waals surface area (Å²) < 4.78 is 44.5. The van der Waals surface area contributed by atoms with Crippen LogP contribution in [-0.2, 0) is 19.5 Å². The number of rotatable bonds is 7. The van der Waals surface area contributed by atoms with Crippen LogP contribution in [0.2, 0.25) is 0 Å². The van der Waals surface area contributed by atoms with Gasteiger partial charge in [0.15, 0.2) is 4.91 Å². The van der Waals surface area contributed by atoms with Gasteiger partial charge in [0, 0.05) is 37.0 Å². The summed E-state index contributed by atoms with van der Waals surface area (Å²) >= 11 is 0. The first kappa shape index (κ1) is 28.3. The van der Waals surface area contributed by atoms with Crippen molar-refractivity contribution in [3.63, 3.8) is 0 Å². The molecule has 0 saturated carbocycles. The van der Waals surface area contributed by atoms with Crippen LogP contribution >= 0.6 is 0 Å². The average Bonchev–Trinajstić information content (AvgIpc) is 3.44. The van der Waals surface area contributed by atoms with E-state index in [-0.39, 0.29) is 5.76 Å². The summed E-state index contributed by atoms with van der Waals surface area (Å²) in [5, 5.41) is 41.5. The highest BCUT2D eigenvalue weighted by Crippen LogP contribution is 2.30. The number of ether oxygens (including phenoxy) is 2. The first-order chi connectivity index (χ1) is 19.2. The zero-order chi connectivity index (χ0) is 28.4. The molecule has 3 heterocycles. The van der Waals surface area contributed by atoms with Crippen molar-refractivity contribution in [3.8, 4) is 17.4 Å². The van der Waals surface area contributed by atoms with Crippen LogP contribution in [0.15, 0.2) is 57.9 Å². The molecular weight excluding hydrogens is 538 g/mol. The highest BCUT2D eigenvalue weighted by Gasteiger charge is 2.42. The van der Waals surface area contributed by atoms with Gasteiger partial charge in [0.1, 0.15) is 42.0 Å². The molecule has 11 nitrogen and oxygen atoms in total. The minimum atomic E-state index is -4.30. The molecule has 2 aliphatic heterocycles. The van der Waals surface area contributed by atoms with Gasteiger partial charge in [-0.15, -0.1) is 0 Å². The fraction of sp³-hybridized carbons (Fsp3) is 0.393. The van der Waals surface area contributed by atoms with Gasteiger partial charge in [0.05, 0.1) is 19.3 Å². The van der Waals surface area contributed by atoms with Gasteiger partial charge in [-0.25, -0.2) is 13.1 Å².